The molecule has 0 radical (unpaired) electrons. The molecule has 0 spiro atoms. The Morgan fingerprint density at radius 2 is 2.06 bits per heavy atom. The molecule has 0 fully saturated rings. The molecule has 1 aromatic heterocycles. The second-order valence-electron chi connectivity index (χ2n) is 3.86. The Kier molecular flexibility index (Phi) is 3.23. The lowest BCUT2D eigenvalue weighted by Gasteiger charge is -2.02. The van der Waals surface area contributed by atoms with Crippen molar-refractivity contribution in [1.29, 1.82) is 0 Å². The molecular formula is C13H15N3O. The number of nitrogens with zero attached hydrogens (tertiary/aromatic N) is 2. The summed E-state index contributed by atoms with van der Waals surface area (Å²) in [4.78, 5) is 11.0. The molecule has 2 aromatic rings. The number of carbonyl (C=O) groups is 1. The van der Waals surface area contributed by atoms with Gasteiger partial charge >= 0.3 is 0 Å². The molecule has 0 saturated heterocycles. The standard InChI is InChI=1S/C13H15N3O/c1-2-6-12-11(9-17)13(14)16(15-12)10-7-4-3-5-8-10/h3-5,7-9H,2,6,14H2,1H3. The van der Waals surface area contributed by atoms with Gasteiger partial charge < -0.3 is 5.73 Å². The van der Waals surface area contributed by atoms with Crippen molar-refractivity contribution in [3.63, 3.8) is 0 Å². The molecule has 0 atom stereocenters. The van der Waals surface area contributed by atoms with Crippen molar-refractivity contribution in [3.8, 4) is 5.69 Å². The van der Waals surface area contributed by atoms with Gasteiger partial charge in [-0.15, -0.1) is 0 Å². The SMILES string of the molecule is CCCc1nn(-c2ccccc2)c(N)c1C=O. The number of aromatic nitrogens is 2. The Labute approximate surface area is 100 Å². The fourth-order valence-corrected chi connectivity index (χ4v) is 1.81. The molecule has 0 unspecified atom stereocenters. The van der Waals surface area contributed by atoms with Crippen LogP contribution in [0.1, 0.15) is 29.4 Å². The minimum atomic E-state index is 0.412. The molecule has 4 nitrogen and oxygen atoms in total. The number of hydrogen-bond acceptors (Lipinski definition) is 3. The van der Waals surface area contributed by atoms with Crippen LogP contribution in [0.25, 0.3) is 5.69 Å². The zero-order chi connectivity index (χ0) is 12.3. The molecule has 1 aromatic carbocycles. The van der Waals surface area contributed by atoms with Crippen molar-refractivity contribution in [2.24, 2.45) is 0 Å². The first-order chi connectivity index (χ1) is 8.27. The molecule has 17 heavy (non-hydrogen) atoms. The molecule has 0 amide bonds. The van der Waals surface area contributed by atoms with Gasteiger partial charge in [0.2, 0.25) is 0 Å². The van der Waals surface area contributed by atoms with E-state index in [1.54, 1.807) is 4.68 Å². The van der Waals surface area contributed by atoms with Crippen LogP contribution in [0, 0.1) is 0 Å². The highest BCUT2D eigenvalue weighted by Crippen LogP contribution is 2.20. The molecular weight excluding hydrogens is 214 g/mol. The van der Waals surface area contributed by atoms with E-state index in [1.807, 2.05) is 37.3 Å². The molecule has 2 rings (SSSR count). The van der Waals surface area contributed by atoms with Gasteiger partial charge in [-0.3, -0.25) is 4.79 Å². The second kappa shape index (κ2) is 4.82. The van der Waals surface area contributed by atoms with Crippen LogP contribution in [-0.2, 0) is 6.42 Å². The number of rotatable bonds is 4. The van der Waals surface area contributed by atoms with Crippen molar-refractivity contribution >= 4 is 12.1 Å². The molecule has 0 aliphatic heterocycles. The van der Waals surface area contributed by atoms with E-state index >= 15 is 0 Å². The molecule has 0 saturated carbocycles. The summed E-state index contributed by atoms with van der Waals surface area (Å²) in [6.07, 6.45) is 2.48. The Bertz CT molecular complexity index is 517. The van der Waals surface area contributed by atoms with Gasteiger partial charge in [0.1, 0.15) is 5.82 Å². The van der Waals surface area contributed by atoms with Crippen LogP contribution in [0.3, 0.4) is 0 Å². The minimum Gasteiger partial charge on any atom is -0.383 e. The lowest BCUT2D eigenvalue weighted by atomic mass is 10.2. The number of aldehydes is 1. The molecule has 0 aliphatic rings. The lowest BCUT2D eigenvalue weighted by molar-refractivity contribution is 0.112. The summed E-state index contributed by atoms with van der Waals surface area (Å²) >= 11 is 0. The van der Waals surface area contributed by atoms with Gasteiger partial charge in [-0.05, 0) is 18.6 Å². The van der Waals surface area contributed by atoms with E-state index in [0.29, 0.717) is 11.4 Å². The predicted octanol–water partition coefficient (Wildman–Crippen LogP) is 2.22. The first kappa shape index (κ1) is 11.4. The van der Waals surface area contributed by atoms with Crippen LogP contribution in [-0.4, -0.2) is 16.1 Å². The number of benzene rings is 1. The third kappa shape index (κ3) is 2.06. The summed E-state index contributed by atoms with van der Waals surface area (Å²) in [5.41, 5.74) is 8.09. The summed E-state index contributed by atoms with van der Waals surface area (Å²) in [6, 6.07) is 9.57. The highest BCUT2D eigenvalue weighted by atomic mass is 16.1. The molecule has 1 heterocycles. The zero-order valence-electron chi connectivity index (χ0n) is 9.76. The summed E-state index contributed by atoms with van der Waals surface area (Å²) in [5, 5.41) is 4.40. The van der Waals surface area contributed by atoms with Crippen molar-refractivity contribution in [2.45, 2.75) is 19.8 Å². The number of para-hydroxylation sites is 1. The molecule has 2 N–H and O–H groups in total. The second-order valence-corrected chi connectivity index (χ2v) is 3.86. The van der Waals surface area contributed by atoms with Crippen LogP contribution >= 0.6 is 0 Å². The van der Waals surface area contributed by atoms with E-state index in [1.165, 1.54) is 0 Å². The monoisotopic (exact) mass is 229 g/mol. The van der Waals surface area contributed by atoms with Gasteiger partial charge in [-0.2, -0.15) is 5.10 Å². The summed E-state index contributed by atoms with van der Waals surface area (Å²) in [7, 11) is 0. The third-order valence-corrected chi connectivity index (χ3v) is 2.64. The van der Waals surface area contributed by atoms with Gasteiger partial charge in [0.15, 0.2) is 6.29 Å². The van der Waals surface area contributed by atoms with Gasteiger partial charge in [0.25, 0.3) is 0 Å². The first-order valence-electron chi connectivity index (χ1n) is 5.66. The molecule has 88 valence electrons. The zero-order valence-corrected chi connectivity index (χ0v) is 9.76. The Morgan fingerprint density at radius 3 is 2.65 bits per heavy atom. The molecule has 0 aliphatic carbocycles. The quantitative estimate of drug-likeness (QED) is 0.818. The molecule has 0 bridgehead atoms. The van der Waals surface area contributed by atoms with Crippen LogP contribution in [0.4, 0.5) is 5.82 Å². The van der Waals surface area contributed by atoms with Crippen molar-refractivity contribution < 1.29 is 4.79 Å². The Balaban J connectivity index is 2.52. The largest absolute Gasteiger partial charge is 0.383 e. The van der Waals surface area contributed by atoms with E-state index in [2.05, 4.69) is 5.10 Å². The van der Waals surface area contributed by atoms with Crippen molar-refractivity contribution in [2.75, 3.05) is 5.73 Å². The number of hydrogen-bond donors (Lipinski definition) is 1. The van der Waals surface area contributed by atoms with E-state index in [0.717, 1.165) is 30.5 Å². The summed E-state index contributed by atoms with van der Waals surface area (Å²) < 4.78 is 1.62. The van der Waals surface area contributed by atoms with Crippen LogP contribution in [0.2, 0.25) is 0 Å². The summed E-state index contributed by atoms with van der Waals surface area (Å²) in [5.74, 6) is 0.412. The fraction of sp³-hybridized carbons (Fsp3) is 0.231. The number of anilines is 1. The highest BCUT2D eigenvalue weighted by Gasteiger charge is 2.14. The molecule has 4 heteroatoms. The van der Waals surface area contributed by atoms with E-state index < -0.39 is 0 Å². The number of nitrogens with two attached hydrogens (primary N) is 1. The normalized spacial score (nSPS) is 10.4. The van der Waals surface area contributed by atoms with Gasteiger partial charge in [0, 0.05) is 0 Å². The lowest BCUT2D eigenvalue weighted by Crippen LogP contribution is -2.02. The average Bonchev–Trinajstić information content (AvgIpc) is 2.67. The number of carbonyl (C=O) groups excluding carboxylic acids is 1. The van der Waals surface area contributed by atoms with Gasteiger partial charge in [0.05, 0.1) is 16.9 Å². The van der Waals surface area contributed by atoms with Crippen LogP contribution in [0.5, 0.6) is 0 Å². The first-order valence-corrected chi connectivity index (χ1v) is 5.66. The maximum Gasteiger partial charge on any atom is 0.155 e. The van der Waals surface area contributed by atoms with Gasteiger partial charge in [-0.25, -0.2) is 4.68 Å². The van der Waals surface area contributed by atoms with Crippen LogP contribution < -0.4 is 5.73 Å². The fourth-order valence-electron chi connectivity index (χ4n) is 1.81. The Hall–Kier alpha value is -2.10. The smallest absolute Gasteiger partial charge is 0.155 e. The maximum absolute atomic E-state index is 11.0. The Morgan fingerprint density at radius 1 is 1.35 bits per heavy atom. The van der Waals surface area contributed by atoms with E-state index in [9.17, 15) is 4.79 Å². The van der Waals surface area contributed by atoms with Gasteiger partial charge in [-0.1, -0.05) is 31.5 Å². The highest BCUT2D eigenvalue weighted by molar-refractivity contribution is 5.84. The summed E-state index contributed by atoms with van der Waals surface area (Å²) in [6.45, 7) is 2.05. The van der Waals surface area contributed by atoms with E-state index in [-0.39, 0.29) is 0 Å². The topological polar surface area (TPSA) is 60.9 Å². The third-order valence-electron chi connectivity index (χ3n) is 2.64. The average molecular weight is 229 g/mol. The maximum atomic E-state index is 11.0. The minimum absolute atomic E-state index is 0.412. The number of aryl methyl sites for hydroxylation is 1. The number of nitrogen functional groups attached to an aromatic ring is 1. The van der Waals surface area contributed by atoms with Crippen molar-refractivity contribution in [3.05, 3.63) is 41.6 Å². The predicted molar refractivity (Wildman–Crippen MR) is 67.4 cm³/mol. The van der Waals surface area contributed by atoms with Crippen LogP contribution in [0.15, 0.2) is 30.3 Å². The van der Waals surface area contributed by atoms with E-state index in [4.69, 9.17) is 5.73 Å². The van der Waals surface area contributed by atoms with Crippen molar-refractivity contribution in [1.82, 2.24) is 9.78 Å².